The third kappa shape index (κ3) is 9.20. The van der Waals surface area contributed by atoms with E-state index < -0.39 is 0 Å². The van der Waals surface area contributed by atoms with Crippen molar-refractivity contribution >= 4 is 11.8 Å². The monoisotopic (exact) mass is 354 g/mol. The van der Waals surface area contributed by atoms with Crippen molar-refractivity contribution in [1.29, 1.82) is 0 Å². The van der Waals surface area contributed by atoms with Crippen LogP contribution >= 0.6 is 11.8 Å². The van der Waals surface area contributed by atoms with E-state index in [1.807, 2.05) is 11.8 Å². The molecule has 24 heavy (non-hydrogen) atoms. The highest BCUT2D eigenvalue weighted by Crippen LogP contribution is 2.44. The summed E-state index contributed by atoms with van der Waals surface area (Å²) in [5.41, 5.74) is 1.87. The molecule has 0 aromatic rings. The molecule has 2 atom stereocenters. The first-order valence-corrected chi connectivity index (χ1v) is 10.4. The van der Waals surface area contributed by atoms with E-state index in [1.165, 1.54) is 32.1 Å². The second-order valence-corrected chi connectivity index (χ2v) is 10.8. The molecule has 0 spiro atoms. The molecule has 0 aromatic carbocycles. The van der Waals surface area contributed by atoms with Crippen LogP contribution in [0.1, 0.15) is 93.9 Å². The van der Waals surface area contributed by atoms with Crippen LogP contribution in [0.15, 0.2) is 25.0 Å². The topological polar surface area (TPSA) is 9.23 Å². The highest BCUT2D eigenvalue weighted by molar-refractivity contribution is 8.01. The van der Waals surface area contributed by atoms with Gasteiger partial charge in [0.15, 0.2) is 4.93 Å². The van der Waals surface area contributed by atoms with Gasteiger partial charge in [-0.25, -0.2) is 0 Å². The summed E-state index contributed by atoms with van der Waals surface area (Å²) >= 11 is 1.94. The maximum atomic E-state index is 5.93. The van der Waals surface area contributed by atoms with Gasteiger partial charge in [-0.3, -0.25) is 0 Å². The van der Waals surface area contributed by atoms with Gasteiger partial charge in [0.1, 0.15) is 0 Å². The number of hydrogen-bond donors (Lipinski definition) is 0. The van der Waals surface area contributed by atoms with E-state index in [1.54, 1.807) is 6.26 Å². The lowest BCUT2D eigenvalue weighted by Crippen LogP contribution is -2.30. The van der Waals surface area contributed by atoms with Crippen molar-refractivity contribution in [2.45, 2.75) is 104 Å². The van der Waals surface area contributed by atoms with Crippen molar-refractivity contribution in [2.24, 2.45) is 10.8 Å². The Balaban J connectivity index is 5.18. The van der Waals surface area contributed by atoms with Gasteiger partial charge in [-0.05, 0) is 55.4 Å². The zero-order valence-electron chi connectivity index (χ0n) is 17.6. The van der Waals surface area contributed by atoms with Crippen LogP contribution in [0.4, 0.5) is 0 Å². The van der Waals surface area contributed by atoms with Crippen molar-refractivity contribution in [3.05, 3.63) is 25.0 Å². The Bertz CT molecular complexity index is 391. The largest absolute Gasteiger partial charge is 0.481 e. The first-order chi connectivity index (χ1) is 10.9. The van der Waals surface area contributed by atoms with Gasteiger partial charge in [0, 0.05) is 5.25 Å². The summed E-state index contributed by atoms with van der Waals surface area (Å²) in [5, 5.41) is 0.564. The summed E-state index contributed by atoms with van der Waals surface area (Å²) in [6, 6.07) is 0. The summed E-state index contributed by atoms with van der Waals surface area (Å²) in [5.74, 6) is 0. The first-order valence-electron chi connectivity index (χ1n) is 9.54. The van der Waals surface area contributed by atoms with E-state index in [4.69, 9.17) is 4.74 Å². The van der Waals surface area contributed by atoms with Gasteiger partial charge >= 0.3 is 0 Å². The Hall–Kier alpha value is -0.370. The van der Waals surface area contributed by atoms with Crippen LogP contribution < -0.4 is 0 Å². The molecule has 0 saturated heterocycles. The van der Waals surface area contributed by atoms with E-state index >= 15 is 0 Å². The molecule has 0 heterocycles. The van der Waals surface area contributed by atoms with E-state index in [9.17, 15) is 0 Å². The van der Waals surface area contributed by atoms with Gasteiger partial charge in [0.2, 0.25) is 0 Å². The second-order valence-electron chi connectivity index (χ2n) is 9.14. The van der Waals surface area contributed by atoms with Crippen LogP contribution in [-0.2, 0) is 4.74 Å². The predicted octanol–water partition coefficient (Wildman–Crippen LogP) is 7.97. The molecule has 0 aliphatic carbocycles. The van der Waals surface area contributed by atoms with Crippen LogP contribution in [0.2, 0.25) is 0 Å². The van der Waals surface area contributed by atoms with Gasteiger partial charge in [0.25, 0.3) is 0 Å². The van der Waals surface area contributed by atoms with E-state index in [2.05, 4.69) is 68.5 Å². The summed E-state index contributed by atoms with van der Waals surface area (Å²) in [6.45, 7) is 26.4. The maximum absolute atomic E-state index is 5.93. The average molecular weight is 355 g/mol. The molecular formula is C22H42OS. The van der Waals surface area contributed by atoms with E-state index in [-0.39, 0.29) is 4.93 Å². The quantitative estimate of drug-likeness (QED) is 0.199. The Morgan fingerprint density at radius 2 is 1.67 bits per heavy atom. The number of thioether (sulfide) groups is 1. The summed E-state index contributed by atoms with van der Waals surface area (Å²) in [6.07, 6.45) is 8.73. The molecule has 2 unspecified atom stereocenters. The molecule has 0 aliphatic rings. The average Bonchev–Trinajstić information content (AvgIpc) is 2.42. The molecule has 0 N–H and O–H groups in total. The minimum atomic E-state index is -0.374. The predicted molar refractivity (Wildman–Crippen MR) is 112 cm³/mol. The summed E-state index contributed by atoms with van der Waals surface area (Å²) in [7, 11) is 0. The fourth-order valence-corrected chi connectivity index (χ4v) is 5.12. The van der Waals surface area contributed by atoms with Crippen molar-refractivity contribution in [3.8, 4) is 0 Å². The summed E-state index contributed by atoms with van der Waals surface area (Å²) < 4.78 is 5.93. The standard InChI is InChI=1S/C22H42OS/c1-11-15-21(8,9)16-14-19(17-20(5,6)7)24-22(10,23-13-3)18(4)12-2/h13,19H,3-4,11-12,14-17H2,1-2,5-10H3. The van der Waals surface area contributed by atoms with Crippen LogP contribution in [0, 0.1) is 10.8 Å². The molecule has 0 saturated carbocycles. The second kappa shape index (κ2) is 9.94. The van der Waals surface area contributed by atoms with Gasteiger partial charge in [-0.1, -0.05) is 68.0 Å². The third-order valence-electron chi connectivity index (χ3n) is 4.68. The van der Waals surface area contributed by atoms with Gasteiger partial charge < -0.3 is 4.74 Å². The van der Waals surface area contributed by atoms with Gasteiger partial charge in [-0.15, -0.1) is 11.8 Å². The SMILES string of the molecule is C=COC(C)(SC(CCC(C)(C)CCC)CC(C)(C)C)C(=C)CC. The minimum absolute atomic E-state index is 0.315. The Labute approximate surface area is 156 Å². The number of ether oxygens (including phenoxy) is 1. The summed E-state index contributed by atoms with van der Waals surface area (Å²) in [4.78, 5) is -0.374. The Kier molecular flexibility index (Phi) is 9.79. The fourth-order valence-electron chi connectivity index (χ4n) is 3.23. The molecule has 2 heteroatoms. The Morgan fingerprint density at radius 3 is 2.08 bits per heavy atom. The minimum Gasteiger partial charge on any atom is -0.481 e. The van der Waals surface area contributed by atoms with Crippen LogP contribution in [-0.4, -0.2) is 10.2 Å². The highest BCUT2D eigenvalue weighted by atomic mass is 32.2. The van der Waals surface area contributed by atoms with Gasteiger partial charge in [-0.2, -0.15) is 0 Å². The molecule has 0 rings (SSSR count). The lowest BCUT2D eigenvalue weighted by molar-refractivity contribution is 0.158. The van der Waals surface area contributed by atoms with Crippen LogP contribution in [0.5, 0.6) is 0 Å². The van der Waals surface area contributed by atoms with Crippen LogP contribution in [0.25, 0.3) is 0 Å². The van der Waals surface area contributed by atoms with Crippen molar-refractivity contribution in [3.63, 3.8) is 0 Å². The fraction of sp³-hybridized carbons (Fsp3) is 0.818. The lowest BCUT2D eigenvalue weighted by atomic mass is 9.81. The van der Waals surface area contributed by atoms with Crippen molar-refractivity contribution in [1.82, 2.24) is 0 Å². The normalized spacial score (nSPS) is 16.3. The number of rotatable bonds is 12. The zero-order chi connectivity index (χ0) is 19.0. The molecule has 1 nitrogen and oxygen atoms in total. The van der Waals surface area contributed by atoms with Crippen LogP contribution in [0.3, 0.4) is 0 Å². The first kappa shape index (κ1) is 23.6. The van der Waals surface area contributed by atoms with Crippen molar-refractivity contribution in [2.75, 3.05) is 0 Å². The molecule has 0 radical (unpaired) electrons. The highest BCUT2D eigenvalue weighted by Gasteiger charge is 2.34. The Morgan fingerprint density at radius 1 is 1.08 bits per heavy atom. The molecule has 0 amide bonds. The smallest absolute Gasteiger partial charge is 0.172 e. The lowest BCUT2D eigenvalue weighted by Gasteiger charge is -2.37. The molecule has 0 bridgehead atoms. The van der Waals surface area contributed by atoms with Crippen molar-refractivity contribution < 1.29 is 4.74 Å². The third-order valence-corrected chi connectivity index (χ3v) is 6.25. The zero-order valence-corrected chi connectivity index (χ0v) is 18.4. The number of hydrogen-bond acceptors (Lipinski definition) is 2. The van der Waals surface area contributed by atoms with Gasteiger partial charge in [0.05, 0.1) is 6.26 Å². The maximum Gasteiger partial charge on any atom is 0.172 e. The van der Waals surface area contributed by atoms with E-state index in [0.717, 1.165) is 12.0 Å². The molecule has 0 aliphatic heterocycles. The molecule has 0 aromatic heterocycles. The molecular weight excluding hydrogens is 312 g/mol. The molecule has 142 valence electrons. The van der Waals surface area contributed by atoms with E-state index in [0.29, 0.717) is 16.1 Å². The molecule has 0 fully saturated rings.